The fourth-order valence-electron chi connectivity index (χ4n) is 2.08. The molecule has 2 aromatic carbocycles. The van der Waals surface area contributed by atoms with Gasteiger partial charge in [0.1, 0.15) is 0 Å². The van der Waals surface area contributed by atoms with E-state index in [1.807, 2.05) is 42.6 Å². The molecular formula is C17H11Br2N. The van der Waals surface area contributed by atoms with Gasteiger partial charge in [-0.2, -0.15) is 0 Å². The van der Waals surface area contributed by atoms with Crippen LogP contribution < -0.4 is 0 Å². The van der Waals surface area contributed by atoms with Crippen molar-refractivity contribution in [3.8, 4) is 22.4 Å². The van der Waals surface area contributed by atoms with Gasteiger partial charge in [-0.05, 0) is 23.8 Å². The second-order valence-corrected chi connectivity index (χ2v) is 6.10. The van der Waals surface area contributed by atoms with Gasteiger partial charge >= 0.3 is 0 Å². The zero-order valence-corrected chi connectivity index (χ0v) is 13.7. The molecule has 3 rings (SSSR count). The molecule has 3 heteroatoms. The van der Waals surface area contributed by atoms with E-state index in [9.17, 15) is 0 Å². The van der Waals surface area contributed by atoms with E-state index in [4.69, 9.17) is 0 Å². The molecule has 1 nitrogen and oxygen atoms in total. The summed E-state index contributed by atoms with van der Waals surface area (Å²) in [6, 6.07) is 20.4. The van der Waals surface area contributed by atoms with Crippen LogP contribution in [0.5, 0.6) is 0 Å². The topological polar surface area (TPSA) is 12.9 Å². The van der Waals surface area contributed by atoms with Crippen molar-refractivity contribution in [3.63, 3.8) is 0 Å². The van der Waals surface area contributed by atoms with Crippen molar-refractivity contribution in [3.05, 3.63) is 75.8 Å². The molecule has 1 heterocycles. The third kappa shape index (κ3) is 2.69. The maximum atomic E-state index is 4.58. The maximum absolute atomic E-state index is 4.58. The van der Waals surface area contributed by atoms with E-state index in [-0.39, 0.29) is 0 Å². The predicted octanol–water partition coefficient (Wildman–Crippen LogP) is 5.94. The normalized spacial score (nSPS) is 10.5. The first kappa shape index (κ1) is 13.5. The Kier molecular flexibility index (Phi) is 3.99. The molecule has 0 radical (unpaired) electrons. The van der Waals surface area contributed by atoms with Gasteiger partial charge in [0.05, 0.1) is 5.69 Å². The van der Waals surface area contributed by atoms with Crippen molar-refractivity contribution in [1.29, 1.82) is 0 Å². The highest BCUT2D eigenvalue weighted by molar-refractivity contribution is 9.11. The van der Waals surface area contributed by atoms with Crippen LogP contribution in [0.1, 0.15) is 0 Å². The molecule has 0 bridgehead atoms. The van der Waals surface area contributed by atoms with Crippen LogP contribution in [0.2, 0.25) is 0 Å². The first-order valence-corrected chi connectivity index (χ1v) is 7.80. The van der Waals surface area contributed by atoms with Crippen molar-refractivity contribution < 1.29 is 0 Å². The first-order chi connectivity index (χ1) is 9.75. The molecule has 0 aliphatic rings. The average Bonchev–Trinajstić information content (AvgIpc) is 2.49. The summed E-state index contributed by atoms with van der Waals surface area (Å²) in [5, 5.41) is 0. The zero-order chi connectivity index (χ0) is 13.9. The van der Waals surface area contributed by atoms with Crippen LogP contribution in [0.4, 0.5) is 0 Å². The van der Waals surface area contributed by atoms with Gasteiger partial charge in [-0.25, -0.2) is 0 Å². The number of benzene rings is 2. The molecule has 0 unspecified atom stereocenters. The smallest absolute Gasteiger partial charge is 0.0713 e. The van der Waals surface area contributed by atoms with Crippen LogP contribution >= 0.6 is 31.9 Å². The highest BCUT2D eigenvalue weighted by Gasteiger charge is 2.06. The molecule has 0 aliphatic carbocycles. The first-order valence-electron chi connectivity index (χ1n) is 6.21. The molecule has 0 aliphatic heterocycles. The number of halogens is 2. The monoisotopic (exact) mass is 387 g/mol. The van der Waals surface area contributed by atoms with Crippen molar-refractivity contribution in [2.45, 2.75) is 0 Å². The number of nitrogens with zero attached hydrogens (tertiary/aromatic N) is 1. The van der Waals surface area contributed by atoms with Gasteiger partial charge in [0.25, 0.3) is 0 Å². The minimum atomic E-state index is 0.966. The van der Waals surface area contributed by atoms with Gasteiger partial charge in [-0.1, -0.05) is 74.3 Å². The summed E-state index contributed by atoms with van der Waals surface area (Å²) in [5.74, 6) is 0. The van der Waals surface area contributed by atoms with Crippen LogP contribution in [0.25, 0.3) is 22.4 Å². The van der Waals surface area contributed by atoms with Gasteiger partial charge in [0, 0.05) is 26.3 Å². The van der Waals surface area contributed by atoms with Crippen molar-refractivity contribution in [2.75, 3.05) is 0 Å². The van der Waals surface area contributed by atoms with Crippen molar-refractivity contribution in [2.24, 2.45) is 0 Å². The lowest BCUT2D eigenvalue weighted by Gasteiger charge is -2.07. The van der Waals surface area contributed by atoms with Crippen molar-refractivity contribution >= 4 is 31.9 Å². The minimum absolute atomic E-state index is 0.966. The molecule has 0 saturated heterocycles. The number of pyridine rings is 1. The largest absolute Gasteiger partial charge is 0.256 e. The Bertz CT molecular complexity index is 671. The van der Waals surface area contributed by atoms with Gasteiger partial charge in [-0.15, -0.1) is 0 Å². The Balaban J connectivity index is 2.01. The second-order valence-electron chi connectivity index (χ2n) is 4.39. The van der Waals surface area contributed by atoms with E-state index in [2.05, 4.69) is 61.1 Å². The summed E-state index contributed by atoms with van der Waals surface area (Å²) in [4.78, 5) is 4.58. The summed E-state index contributed by atoms with van der Waals surface area (Å²) >= 11 is 7.13. The van der Waals surface area contributed by atoms with E-state index in [1.165, 1.54) is 0 Å². The molecular weight excluding hydrogens is 378 g/mol. The molecule has 1 aromatic heterocycles. The van der Waals surface area contributed by atoms with E-state index >= 15 is 0 Å². The fraction of sp³-hybridized carbons (Fsp3) is 0. The molecule has 0 saturated carbocycles. The number of hydrogen-bond donors (Lipinski definition) is 0. The number of aromatic nitrogens is 1. The standard InChI is InChI=1S/C17H11Br2N/c18-15-7-3-1-5-13(15)12-9-10-17(20-11-12)14-6-2-4-8-16(14)19/h1-11H. The maximum Gasteiger partial charge on any atom is 0.0713 e. The third-order valence-electron chi connectivity index (χ3n) is 3.10. The highest BCUT2D eigenvalue weighted by atomic mass is 79.9. The molecule has 3 aromatic rings. The number of rotatable bonds is 2. The van der Waals surface area contributed by atoms with Crippen LogP contribution in [0.3, 0.4) is 0 Å². The highest BCUT2D eigenvalue weighted by Crippen LogP contribution is 2.30. The van der Waals surface area contributed by atoms with Gasteiger partial charge < -0.3 is 0 Å². The summed E-state index contributed by atoms with van der Waals surface area (Å²) in [6.45, 7) is 0. The third-order valence-corrected chi connectivity index (χ3v) is 4.48. The van der Waals surface area contributed by atoms with E-state index in [0.29, 0.717) is 0 Å². The lowest BCUT2D eigenvalue weighted by molar-refractivity contribution is 1.32. The average molecular weight is 389 g/mol. The summed E-state index contributed by atoms with van der Waals surface area (Å²) < 4.78 is 2.14. The Morgan fingerprint density at radius 3 is 1.80 bits per heavy atom. The summed E-state index contributed by atoms with van der Waals surface area (Å²) in [6.07, 6.45) is 1.91. The molecule has 20 heavy (non-hydrogen) atoms. The molecule has 0 spiro atoms. The van der Waals surface area contributed by atoms with Crippen LogP contribution in [0, 0.1) is 0 Å². The zero-order valence-electron chi connectivity index (χ0n) is 10.6. The van der Waals surface area contributed by atoms with Crippen LogP contribution in [0.15, 0.2) is 75.8 Å². The Morgan fingerprint density at radius 1 is 0.650 bits per heavy atom. The minimum Gasteiger partial charge on any atom is -0.256 e. The lowest BCUT2D eigenvalue weighted by atomic mass is 10.1. The Hall–Kier alpha value is -1.45. The van der Waals surface area contributed by atoms with E-state index in [1.54, 1.807) is 0 Å². The second kappa shape index (κ2) is 5.90. The summed E-state index contributed by atoms with van der Waals surface area (Å²) in [7, 11) is 0. The summed E-state index contributed by atoms with van der Waals surface area (Å²) in [5.41, 5.74) is 4.33. The molecule has 0 amide bonds. The lowest BCUT2D eigenvalue weighted by Crippen LogP contribution is -1.86. The number of hydrogen-bond acceptors (Lipinski definition) is 1. The predicted molar refractivity (Wildman–Crippen MR) is 90.5 cm³/mol. The van der Waals surface area contributed by atoms with Crippen molar-refractivity contribution in [1.82, 2.24) is 4.98 Å². The SMILES string of the molecule is Brc1ccccc1-c1ccc(-c2ccccc2Br)nc1. The fourth-order valence-corrected chi connectivity index (χ4v) is 3.08. The molecule has 98 valence electrons. The van der Waals surface area contributed by atoms with E-state index < -0.39 is 0 Å². The van der Waals surface area contributed by atoms with Gasteiger partial charge in [-0.3, -0.25) is 4.98 Å². The molecule has 0 fully saturated rings. The molecule has 0 atom stereocenters. The molecule has 0 N–H and O–H groups in total. The van der Waals surface area contributed by atoms with Crippen LogP contribution in [-0.4, -0.2) is 4.98 Å². The van der Waals surface area contributed by atoms with E-state index in [0.717, 1.165) is 31.3 Å². The van der Waals surface area contributed by atoms with Crippen LogP contribution in [-0.2, 0) is 0 Å². The van der Waals surface area contributed by atoms with Gasteiger partial charge in [0.2, 0.25) is 0 Å². The Morgan fingerprint density at radius 2 is 1.25 bits per heavy atom. The quantitative estimate of drug-likeness (QED) is 0.529. The van der Waals surface area contributed by atoms with Gasteiger partial charge in [0.15, 0.2) is 0 Å². The Labute approximate surface area is 135 Å².